The quantitative estimate of drug-likeness (QED) is 0.657. The molecule has 104 valence electrons. The Labute approximate surface area is 117 Å². The zero-order valence-corrected chi connectivity index (χ0v) is 13.3. The van der Waals surface area contributed by atoms with E-state index in [1.807, 2.05) is 11.3 Å². The molecule has 0 aromatic carbocycles. The van der Waals surface area contributed by atoms with Crippen LogP contribution in [0.2, 0.25) is 0 Å². The van der Waals surface area contributed by atoms with Crippen LogP contribution in [0.4, 0.5) is 0 Å². The van der Waals surface area contributed by atoms with Crippen LogP contribution >= 0.6 is 11.3 Å². The van der Waals surface area contributed by atoms with E-state index in [0.29, 0.717) is 0 Å². The predicted octanol–water partition coefficient (Wildman–Crippen LogP) is 5.41. The molecule has 1 atom stereocenters. The van der Waals surface area contributed by atoms with Gasteiger partial charge in [0.15, 0.2) is 0 Å². The standard InChI is InChI=1S/C16H29NS/c1-5-6-7-8-9-10-13(17)14-11-12-15(18-14)16(2,3)4/h11-13H,5-10,17H2,1-4H3. The van der Waals surface area contributed by atoms with Crippen molar-refractivity contribution in [2.24, 2.45) is 5.73 Å². The summed E-state index contributed by atoms with van der Waals surface area (Å²) < 4.78 is 0. The number of nitrogens with two attached hydrogens (primary N) is 1. The summed E-state index contributed by atoms with van der Waals surface area (Å²) in [7, 11) is 0. The number of rotatable bonds is 7. The third-order valence-corrected chi connectivity index (χ3v) is 4.99. The van der Waals surface area contributed by atoms with E-state index >= 15 is 0 Å². The van der Waals surface area contributed by atoms with Crippen molar-refractivity contribution in [1.82, 2.24) is 0 Å². The molecule has 0 spiro atoms. The van der Waals surface area contributed by atoms with Gasteiger partial charge in [-0.3, -0.25) is 0 Å². The highest BCUT2D eigenvalue weighted by molar-refractivity contribution is 7.12. The largest absolute Gasteiger partial charge is 0.323 e. The minimum Gasteiger partial charge on any atom is -0.323 e. The Morgan fingerprint density at radius 1 is 1.11 bits per heavy atom. The lowest BCUT2D eigenvalue weighted by atomic mass is 9.95. The van der Waals surface area contributed by atoms with Crippen LogP contribution in [0.5, 0.6) is 0 Å². The van der Waals surface area contributed by atoms with Gasteiger partial charge in [-0.05, 0) is 24.0 Å². The second-order valence-electron chi connectivity index (χ2n) is 6.26. The lowest BCUT2D eigenvalue weighted by Crippen LogP contribution is -2.09. The Morgan fingerprint density at radius 3 is 2.33 bits per heavy atom. The fraction of sp³-hybridized carbons (Fsp3) is 0.750. The summed E-state index contributed by atoms with van der Waals surface area (Å²) in [5, 5.41) is 0. The molecule has 0 aliphatic rings. The summed E-state index contributed by atoms with van der Waals surface area (Å²) in [6, 6.07) is 4.71. The van der Waals surface area contributed by atoms with Crippen LogP contribution in [0.25, 0.3) is 0 Å². The molecule has 0 aliphatic heterocycles. The van der Waals surface area contributed by atoms with Gasteiger partial charge in [0.2, 0.25) is 0 Å². The highest BCUT2D eigenvalue weighted by atomic mass is 32.1. The Balaban J connectivity index is 2.37. The summed E-state index contributed by atoms with van der Waals surface area (Å²) >= 11 is 1.89. The van der Waals surface area contributed by atoms with Gasteiger partial charge in [-0.25, -0.2) is 0 Å². The van der Waals surface area contributed by atoms with Crippen molar-refractivity contribution < 1.29 is 0 Å². The van der Waals surface area contributed by atoms with Crippen molar-refractivity contribution in [1.29, 1.82) is 0 Å². The van der Waals surface area contributed by atoms with Gasteiger partial charge in [-0.2, -0.15) is 0 Å². The first-order valence-corrected chi connectivity index (χ1v) is 8.12. The monoisotopic (exact) mass is 267 g/mol. The van der Waals surface area contributed by atoms with Crippen molar-refractivity contribution in [2.75, 3.05) is 0 Å². The molecule has 0 radical (unpaired) electrons. The zero-order valence-electron chi connectivity index (χ0n) is 12.5. The minimum absolute atomic E-state index is 0.243. The molecule has 1 aromatic rings. The van der Waals surface area contributed by atoms with E-state index in [-0.39, 0.29) is 11.5 Å². The van der Waals surface area contributed by atoms with E-state index in [4.69, 9.17) is 5.73 Å². The first-order chi connectivity index (χ1) is 8.45. The SMILES string of the molecule is CCCCCCCC(N)c1ccc(C(C)(C)C)s1. The third kappa shape index (κ3) is 5.11. The zero-order chi connectivity index (χ0) is 13.6. The van der Waals surface area contributed by atoms with Gasteiger partial charge in [-0.15, -0.1) is 11.3 Å². The van der Waals surface area contributed by atoms with Gasteiger partial charge >= 0.3 is 0 Å². The molecule has 0 saturated carbocycles. The van der Waals surface area contributed by atoms with Gasteiger partial charge in [0.1, 0.15) is 0 Å². The van der Waals surface area contributed by atoms with Gasteiger partial charge in [0.05, 0.1) is 0 Å². The first-order valence-electron chi connectivity index (χ1n) is 7.31. The van der Waals surface area contributed by atoms with Gasteiger partial charge in [0, 0.05) is 15.8 Å². The third-order valence-electron chi connectivity index (χ3n) is 3.35. The average molecular weight is 267 g/mol. The highest BCUT2D eigenvalue weighted by Crippen LogP contribution is 2.33. The molecule has 0 fully saturated rings. The van der Waals surface area contributed by atoms with Crippen molar-refractivity contribution in [3.05, 3.63) is 21.9 Å². The topological polar surface area (TPSA) is 26.0 Å². The van der Waals surface area contributed by atoms with E-state index in [9.17, 15) is 0 Å². The van der Waals surface area contributed by atoms with E-state index in [0.717, 1.165) is 6.42 Å². The molecule has 18 heavy (non-hydrogen) atoms. The molecule has 0 bridgehead atoms. The van der Waals surface area contributed by atoms with Crippen LogP contribution in [0, 0.1) is 0 Å². The fourth-order valence-electron chi connectivity index (χ4n) is 2.07. The Morgan fingerprint density at radius 2 is 1.78 bits per heavy atom. The maximum absolute atomic E-state index is 6.28. The highest BCUT2D eigenvalue weighted by Gasteiger charge is 2.17. The van der Waals surface area contributed by atoms with Crippen molar-refractivity contribution >= 4 is 11.3 Å². The van der Waals surface area contributed by atoms with Gasteiger partial charge < -0.3 is 5.73 Å². The van der Waals surface area contributed by atoms with E-state index in [2.05, 4.69) is 39.8 Å². The molecule has 0 aliphatic carbocycles. The number of hydrogen-bond acceptors (Lipinski definition) is 2. The molecule has 2 N–H and O–H groups in total. The van der Waals surface area contributed by atoms with E-state index in [1.54, 1.807) is 0 Å². The Kier molecular flexibility index (Phi) is 6.37. The summed E-state index contributed by atoms with van der Waals surface area (Å²) in [5.74, 6) is 0. The maximum atomic E-state index is 6.28. The van der Waals surface area contributed by atoms with Crippen LogP contribution < -0.4 is 5.73 Å². The first kappa shape index (κ1) is 15.7. The van der Waals surface area contributed by atoms with Crippen LogP contribution in [0.15, 0.2) is 12.1 Å². The molecule has 0 saturated heterocycles. The van der Waals surface area contributed by atoms with Gasteiger partial charge in [-0.1, -0.05) is 59.8 Å². The second kappa shape index (κ2) is 7.30. The smallest absolute Gasteiger partial charge is 0.0389 e. The van der Waals surface area contributed by atoms with Crippen LogP contribution in [0.1, 0.15) is 82.0 Å². The average Bonchev–Trinajstić information content (AvgIpc) is 2.77. The molecule has 1 rings (SSSR count). The number of thiophene rings is 1. The molecular formula is C16H29NS. The number of hydrogen-bond donors (Lipinski definition) is 1. The summed E-state index contributed by atoms with van der Waals surface area (Å²) in [4.78, 5) is 2.80. The Hall–Kier alpha value is -0.340. The van der Waals surface area contributed by atoms with Crippen molar-refractivity contribution in [2.45, 2.75) is 77.7 Å². The summed E-state index contributed by atoms with van der Waals surface area (Å²) in [6.07, 6.45) is 7.77. The van der Waals surface area contributed by atoms with E-state index in [1.165, 1.54) is 41.9 Å². The predicted molar refractivity (Wildman–Crippen MR) is 83.3 cm³/mol. The summed E-state index contributed by atoms with van der Waals surface area (Å²) in [5.41, 5.74) is 6.53. The fourth-order valence-corrected chi connectivity index (χ4v) is 3.17. The molecule has 1 aromatic heterocycles. The lowest BCUT2D eigenvalue weighted by Gasteiger charge is -2.16. The minimum atomic E-state index is 0.243. The van der Waals surface area contributed by atoms with Crippen LogP contribution in [0.3, 0.4) is 0 Å². The second-order valence-corrected chi connectivity index (χ2v) is 7.38. The normalized spacial score (nSPS) is 13.8. The van der Waals surface area contributed by atoms with Crippen molar-refractivity contribution in [3.63, 3.8) is 0 Å². The maximum Gasteiger partial charge on any atom is 0.0389 e. The van der Waals surface area contributed by atoms with E-state index < -0.39 is 0 Å². The molecule has 1 nitrogen and oxygen atoms in total. The van der Waals surface area contributed by atoms with Crippen LogP contribution in [-0.2, 0) is 5.41 Å². The van der Waals surface area contributed by atoms with Gasteiger partial charge in [0.25, 0.3) is 0 Å². The molecule has 0 amide bonds. The van der Waals surface area contributed by atoms with Crippen LogP contribution in [-0.4, -0.2) is 0 Å². The van der Waals surface area contributed by atoms with Crippen molar-refractivity contribution in [3.8, 4) is 0 Å². The molecular weight excluding hydrogens is 238 g/mol. The Bertz CT molecular complexity index is 335. The molecule has 2 heteroatoms. The number of unbranched alkanes of at least 4 members (excludes halogenated alkanes) is 4. The molecule has 1 unspecified atom stereocenters. The summed E-state index contributed by atoms with van der Waals surface area (Å²) in [6.45, 7) is 9.04. The lowest BCUT2D eigenvalue weighted by molar-refractivity contribution is 0.559. The molecule has 1 heterocycles.